The molecule has 2 atom stereocenters. The molecular formula is C19H16ClF3N4O3. The van der Waals surface area contributed by atoms with Gasteiger partial charge in [0, 0.05) is 17.5 Å². The van der Waals surface area contributed by atoms with Crippen LogP contribution in [0.5, 0.6) is 5.75 Å². The Labute approximate surface area is 173 Å². The minimum atomic E-state index is -4.56. The third-order valence-electron chi connectivity index (χ3n) is 4.72. The van der Waals surface area contributed by atoms with Gasteiger partial charge in [0.2, 0.25) is 0 Å². The first-order valence-corrected chi connectivity index (χ1v) is 9.25. The van der Waals surface area contributed by atoms with Crippen molar-refractivity contribution in [2.45, 2.75) is 24.7 Å². The minimum absolute atomic E-state index is 0.0631. The number of nitrogens with zero attached hydrogens (tertiary/aromatic N) is 2. The second-order valence-electron chi connectivity index (χ2n) is 6.66. The van der Waals surface area contributed by atoms with Crippen LogP contribution in [0.4, 0.5) is 24.7 Å². The number of halogens is 4. The molecule has 3 aromatic rings. The van der Waals surface area contributed by atoms with Gasteiger partial charge in [0.1, 0.15) is 17.3 Å². The Balaban J connectivity index is 1.65. The molecule has 3 heterocycles. The number of fused-ring (bicyclic) bond motifs is 1. The molecule has 1 aromatic carbocycles. The molecule has 1 amide bonds. The highest BCUT2D eigenvalue weighted by atomic mass is 35.5. The number of ether oxygens (including phenoxy) is 1. The molecule has 158 valence electrons. The quantitative estimate of drug-likeness (QED) is 0.593. The SMILES string of the molecule is COc1ccc(Cl)cc1NC(=O)c1cc2n(n1)C(C(F)(F)F)CC(c1ccco1)N2. The summed E-state index contributed by atoms with van der Waals surface area (Å²) < 4.78 is 52.3. The van der Waals surface area contributed by atoms with Crippen LogP contribution in [0.3, 0.4) is 0 Å². The fourth-order valence-electron chi connectivity index (χ4n) is 3.32. The first kappa shape index (κ1) is 20.1. The maximum absolute atomic E-state index is 13.7. The molecule has 0 saturated carbocycles. The van der Waals surface area contributed by atoms with Crippen LogP contribution in [0, 0.1) is 0 Å². The van der Waals surface area contributed by atoms with Crippen LogP contribution in [0.1, 0.15) is 34.8 Å². The fraction of sp³-hybridized carbons (Fsp3) is 0.263. The number of furan rings is 1. The first-order chi connectivity index (χ1) is 14.3. The lowest BCUT2D eigenvalue weighted by molar-refractivity contribution is -0.174. The molecular weight excluding hydrogens is 425 g/mol. The summed E-state index contributed by atoms with van der Waals surface area (Å²) in [5, 5.41) is 9.78. The van der Waals surface area contributed by atoms with Crippen molar-refractivity contribution in [2.75, 3.05) is 17.7 Å². The molecule has 2 N–H and O–H groups in total. The number of amides is 1. The van der Waals surface area contributed by atoms with Crippen LogP contribution >= 0.6 is 11.6 Å². The highest BCUT2D eigenvalue weighted by molar-refractivity contribution is 6.31. The van der Waals surface area contributed by atoms with Crippen molar-refractivity contribution in [3.63, 3.8) is 0 Å². The Bertz CT molecular complexity index is 1070. The largest absolute Gasteiger partial charge is 0.495 e. The van der Waals surface area contributed by atoms with E-state index in [1.807, 2.05) is 0 Å². The van der Waals surface area contributed by atoms with E-state index in [0.29, 0.717) is 16.5 Å². The summed E-state index contributed by atoms with van der Waals surface area (Å²) in [5.41, 5.74) is 0.0867. The lowest BCUT2D eigenvalue weighted by atomic mass is 10.0. The molecule has 1 aliphatic rings. The van der Waals surface area contributed by atoms with E-state index < -0.39 is 24.2 Å². The van der Waals surface area contributed by atoms with E-state index in [0.717, 1.165) is 4.68 Å². The van der Waals surface area contributed by atoms with Crippen LogP contribution in [-0.2, 0) is 0 Å². The molecule has 0 spiro atoms. The predicted octanol–water partition coefficient (Wildman–Crippen LogP) is 5.05. The third kappa shape index (κ3) is 3.82. The molecule has 0 bridgehead atoms. The molecule has 2 aromatic heterocycles. The number of anilines is 2. The first-order valence-electron chi connectivity index (χ1n) is 8.87. The average molecular weight is 441 g/mol. The summed E-state index contributed by atoms with van der Waals surface area (Å²) in [5.74, 6) is 0.0789. The van der Waals surface area contributed by atoms with Crippen LogP contribution < -0.4 is 15.4 Å². The summed E-state index contributed by atoms with van der Waals surface area (Å²) in [6.07, 6.45) is -3.49. The fourth-order valence-corrected chi connectivity index (χ4v) is 3.50. The van der Waals surface area contributed by atoms with Crippen molar-refractivity contribution in [2.24, 2.45) is 0 Å². The lowest BCUT2D eigenvalue weighted by Gasteiger charge is -2.32. The Kier molecular flexibility index (Phi) is 5.10. The van der Waals surface area contributed by atoms with Crippen molar-refractivity contribution < 1.29 is 27.1 Å². The molecule has 30 heavy (non-hydrogen) atoms. The molecule has 2 unspecified atom stereocenters. The molecule has 1 aliphatic heterocycles. The number of hydrogen-bond acceptors (Lipinski definition) is 5. The monoisotopic (exact) mass is 440 g/mol. The van der Waals surface area contributed by atoms with Gasteiger partial charge in [-0.1, -0.05) is 11.6 Å². The number of carbonyl (C=O) groups is 1. The van der Waals surface area contributed by atoms with E-state index in [2.05, 4.69) is 15.7 Å². The maximum Gasteiger partial charge on any atom is 0.410 e. The van der Waals surface area contributed by atoms with Gasteiger partial charge in [-0.25, -0.2) is 4.68 Å². The van der Waals surface area contributed by atoms with Gasteiger partial charge in [-0.15, -0.1) is 0 Å². The molecule has 0 fully saturated rings. The van der Waals surface area contributed by atoms with Crippen molar-refractivity contribution in [3.8, 4) is 5.75 Å². The van der Waals surface area contributed by atoms with Crippen molar-refractivity contribution in [3.05, 3.63) is 59.1 Å². The van der Waals surface area contributed by atoms with E-state index >= 15 is 0 Å². The van der Waals surface area contributed by atoms with Crippen LogP contribution in [-0.4, -0.2) is 29.0 Å². The van der Waals surface area contributed by atoms with E-state index in [9.17, 15) is 18.0 Å². The van der Waals surface area contributed by atoms with E-state index in [-0.39, 0.29) is 23.6 Å². The number of carbonyl (C=O) groups excluding carboxylic acids is 1. The molecule has 11 heteroatoms. The van der Waals surface area contributed by atoms with Gasteiger partial charge in [0.25, 0.3) is 5.91 Å². The third-order valence-corrected chi connectivity index (χ3v) is 4.95. The Morgan fingerprint density at radius 3 is 2.83 bits per heavy atom. The smallest absolute Gasteiger partial charge is 0.410 e. The zero-order chi connectivity index (χ0) is 21.5. The highest BCUT2D eigenvalue weighted by Gasteiger charge is 2.47. The standard InChI is InChI=1S/C19H16ClF3N4O3/c1-29-14-5-4-10(20)7-11(14)25-18(28)13-9-17-24-12(15-3-2-6-30-15)8-16(19(21,22)23)27(17)26-13/h2-7,9,12,16,24H,8H2,1H3,(H,25,28). The van der Waals surface area contributed by atoms with Crippen molar-refractivity contribution in [1.82, 2.24) is 9.78 Å². The number of methoxy groups -OCH3 is 1. The summed E-state index contributed by atoms with van der Waals surface area (Å²) in [7, 11) is 1.42. The molecule has 0 radical (unpaired) electrons. The minimum Gasteiger partial charge on any atom is -0.495 e. The van der Waals surface area contributed by atoms with Gasteiger partial charge < -0.3 is 19.8 Å². The second-order valence-corrected chi connectivity index (χ2v) is 7.10. The van der Waals surface area contributed by atoms with Gasteiger partial charge in [-0.3, -0.25) is 4.79 Å². The Morgan fingerprint density at radius 1 is 1.37 bits per heavy atom. The van der Waals surface area contributed by atoms with E-state index in [4.69, 9.17) is 20.8 Å². The van der Waals surface area contributed by atoms with Gasteiger partial charge in [-0.05, 0) is 30.3 Å². The highest BCUT2D eigenvalue weighted by Crippen LogP contribution is 2.43. The van der Waals surface area contributed by atoms with Crippen molar-refractivity contribution in [1.29, 1.82) is 0 Å². The number of alkyl halides is 3. The van der Waals surface area contributed by atoms with Crippen LogP contribution in [0.25, 0.3) is 0 Å². The Morgan fingerprint density at radius 2 is 2.17 bits per heavy atom. The van der Waals surface area contributed by atoms with Crippen molar-refractivity contribution >= 4 is 29.0 Å². The van der Waals surface area contributed by atoms with Gasteiger partial charge in [0.05, 0.1) is 25.1 Å². The average Bonchev–Trinajstić information content (AvgIpc) is 3.36. The molecule has 0 saturated heterocycles. The predicted molar refractivity (Wildman–Crippen MR) is 103 cm³/mol. The normalized spacial score (nSPS) is 18.4. The van der Waals surface area contributed by atoms with Crippen LogP contribution in [0.15, 0.2) is 47.1 Å². The number of rotatable bonds is 4. The summed E-state index contributed by atoms with van der Waals surface area (Å²) in [4.78, 5) is 12.7. The molecule has 4 rings (SSSR count). The Hall–Kier alpha value is -3.14. The topological polar surface area (TPSA) is 81.3 Å². The summed E-state index contributed by atoms with van der Waals surface area (Å²) >= 11 is 5.95. The van der Waals surface area contributed by atoms with E-state index in [1.54, 1.807) is 24.3 Å². The van der Waals surface area contributed by atoms with E-state index in [1.165, 1.54) is 25.5 Å². The zero-order valence-corrected chi connectivity index (χ0v) is 16.3. The summed E-state index contributed by atoms with van der Waals surface area (Å²) in [6.45, 7) is 0. The van der Waals surface area contributed by atoms with Gasteiger partial charge in [0.15, 0.2) is 11.7 Å². The molecule has 7 nitrogen and oxygen atoms in total. The second kappa shape index (κ2) is 7.60. The maximum atomic E-state index is 13.7. The van der Waals surface area contributed by atoms with Gasteiger partial charge in [-0.2, -0.15) is 18.3 Å². The van der Waals surface area contributed by atoms with Gasteiger partial charge >= 0.3 is 6.18 Å². The van der Waals surface area contributed by atoms with Crippen LogP contribution in [0.2, 0.25) is 5.02 Å². The number of aromatic nitrogens is 2. The number of benzene rings is 1. The molecule has 0 aliphatic carbocycles. The number of hydrogen-bond donors (Lipinski definition) is 2. The lowest BCUT2D eigenvalue weighted by Crippen LogP contribution is -2.35. The number of nitrogens with one attached hydrogen (secondary N) is 2. The zero-order valence-electron chi connectivity index (χ0n) is 15.5. The summed E-state index contributed by atoms with van der Waals surface area (Å²) in [6, 6.07) is 6.45.